The fourth-order valence-electron chi connectivity index (χ4n) is 4.60. The van der Waals surface area contributed by atoms with Gasteiger partial charge in [-0.3, -0.25) is 19.3 Å². The summed E-state index contributed by atoms with van der Waals surface area (Å²) in [4.78, 5) is 53.2. The molecule has 1 aliphatic heterocycles. The van der Waals surface area contributed by atoms with Crippen molar-refractivity contribution in [1.29, 1.82) is 0 Å². The largest absolute Gasteiger partial charge is 0.345 e. The van der Waals surface area contributed by atoms with Gasteiger partial charge in [0.1, 0.15) is 12.1 Å². The van der Waals surface area contributed by atoms with E-state index >= 15 is 0 Å². The van der Waals surface area contributed by atoms with E-state index in [1.807, 2.05) is 62.4 Å². The van der Waals surface area contributed by atoms with Gasteiger partial charge in [0.2, 0.25) is 5.91 Å². The van der Waals surface area contributed by atoms with E-state index in [4.69, 9.17) is 0 Å². The van der Waals surface area contributed by atoms with Crippen LogP contribution < -0.4 is 16.0 Å². The standard InChI is InChI=1S/C29H30N4O4/c1-3-18-29(22-14-8-5-9-15-22)27(36)33(28(37)32-29)19-25(34)31-24-17-11-10-16-23(24)26(35)30-20(2)21-12-6-4-7-13-21/h4-17,20H,3,18-19H2,1-2H3,(H,30,35)(H,31,34)(H,32,37)/t20-,29+/m0/s1. The first-order chi connectivity index (χ1) is 17.9. The molecule has 0 bridgehead atoms. The maximum atomic E-state index is 13.4. The van der Waals surface area contributed by atoms with Gasteiger partial charge in [-0.1, -0.05) is 86.1 Å². The highest BCUT2D eigenvalue weighted by molar-refractivity contribution is 6.11. The molecule has 190 valence electrons. The number of anilines is 1. The van der Waals surface area contributed by atoms with E-state index < -0.39 is 29.9 Å². The summed E-state index contributed by atoms with van der Waals surface area (Å²) in [6.07, 6.45) is 1.06. The van der Waals surface area contributed by atoms with Gasteiger partial charge in [0.25, 0.3) is 11.8 Å². The van der Waals surface area contributed by atoms with Gasteiger partial charge >= 0.3 is 6.03 Å². The van der Waals surface area contributed by atoms with Crippen molar-refractivity contribution >= 4 is 29.4 Å². The Bertz CT molecular complexity index is 1300. The zero-order chi connectivity index (χ0) is 26.4. The molecule has 1 saturated heterocycles. The molecule has 0 unspecified atom stereocenters. The number of nitrogens with one attached hydrogen (secondary N) is 3. The van der Waals surface area contributed by atoms with Crippen molar-refractivity contribution in [3.05, 3.63) is 102 Å². The third-order valence-corrected chi connectivity index (χ3v) is 6.46. The van der Waals surface area contributed by atoms with Gasteiger partial charge in [0.05, 0.1) is 17.3 Å². The Morgan fingerprint density at radius 2 is 1.54 bits per heavy atom. The first-order valence-corrected chi connectivity index (χ1v) is 12.3. The number of carbonyl (C=O) groups is 4. The van der Waals surface area contributed by atoms with Crippen LogP contribution in [-0.4, -0.2) is 35.2 Å². The third-order valence-electron chi connectivity index (χ3n) is 6.46. The molecule has 1 aliphatic rings. The molecule has 3 N–H and O–H groups in total. The zero-order valence-electron chi connectivity index (χ0n) is 20.9. The predicted octanol–water partition coefficient (Wildman–Crippen LogP) is 4.36. The number of imide groups is 1. The van der Waals surface area contributed by atoms with Gasteiger partial charge in [-0.25, -0.2) is 4.79 Å². The highest BCUT2D eigenvalue weighted by atomic mass is 16.2. The van der Waals surface area contributed by atoms with E-state index in [-0.39, 0.29) is 17.5 Å². The second kappa shape index (κ2) is 11.1. The summed E-state index contributed by atoms with van der Waals surface area (Å²) in [5.74, 6) is -1.41. The van der Waals surface area contributed by atoms with Crippen LogP contribution >= 0.6 is 0 Å². The van der Waals surface area contributed by atoms with Crippen molar-refractivity contribution < 1.29 is 19.2 Å². The van der Waals surface area contributed by atoms with Crippen LogP contribution in [0.25, 0.3) is 0 Å². The predicted molar refractivity (Wildman–Crippen MR) is 141 cm³/mol. The Hall–Kier alpha value is -4.46. The molecule has 0 aliphatic carbocycles. The van der Waals surface area contributed by atoms with Crippen molar-refractivity contribution in [2.24, 2.45) is 0 Å². The fourth-order valence-corrected chi connectivity index (χ4v) is 4.60. The third kappa shape index (κ3) is 5.38. The molecule has 3 aromatic carbocycles. The van der Waals surface area contributed by atoms with E-state index in [0.29, 0.717) is 24.1 Å². The number of carbonyl (C=O) groups excluding carboxylic acids is 4. The van der Waals surface area contributed by atoms with Crippen LogP contribution in [0, 0.1) is 0 Å². The molecule has 0 saturated carbocycles. The van der Waals surface area contributed by atoms with Crippen molar-refractivity contribution in [3.8, 4) is 0 Å². The highest BCUT2D eigenvalue weighted by Gasteiger charge is 2.52. The number of hydrogen-bond acceptors (Lipinski definition) is 4. The monoisotopic (exact) mass is 498 g/mol. The maximum absolute atomic E-state index is 13.4. The van der Waals surface area contributed by atoms with Crippen LogP contribution in [0.4, 0.5) is 10.5 Å². The molecule has 5 amide bonds. The fraction of sp³-hybridized carbons (Fsp3) is 0.241. The summed E-state index contributed by atoms with van der Waals surface area (Å²) in [6, 6.07) is 24.3. The number of nitrogens with zero attached hydrogens (tertiary/aromatic N) is 1. The SMILES string of the molecule is CCC[C@]1(c2ccccc2)NC(=O)N(CC(=O)Nc2ccccc2C(=O)N[C@@H](C)c2ccccc2)C1=O. The number of para-hydroxylation sites is 1. The van der Waals surface area contributed by atoms with Gasteiger partial charge in [0, 0.05) is 0 Å². The van der Waals surface area contributed by atoms with E-state index in [1.165, 1.54) is 0 Å². The molecule has 0 radical (unpaired) electrons. The molecule has 8 nitrogen and oxygen atoms in total. The lowest BCUT2D eigenvalue weighted by molar-refractivity contribution is -0.134. The summed E-state index contributed by atoms with van der Waals surface area (Å²) < 4.78 is 0. The van der Waals surface area contributed by atoms with Crippen LogP contribution in [0.3, 0.4) is 0 Å². The summed E-state index contributed by atoms with van der Waals surface area (Å²) in [5, 5.41) is 8.45. The summed E-state index contributed by atoms with van der Waals surface area (Å²) in [5.41, 5.74) is 0.983. The smallest absolute Gasteiger partial charge is 0.325 e. The number of hydrogen-bond donors (Lipinski definition) is 3. The maximum Gasteiger partial charge on any atom is 0.325 e. The molecular weight excluding hydrogens is 468 g/mol. The van der Waals surface area contributed by atoms with E-state index in [9.17, 15) is 19.2 Å². The molecule has 37 heavy (non-hydrogen) atoms. The topological polar surface area (TPSA) is 108 Å². The first-order valence-electron chi connectivity index (χ1n) is 12.3. The number of benzene rings is 3. The Morgan fingerprint density at radius 3 is 2.22 bits per heavy atom. The Balaban J connectivity index is 1.48. The van der Waals surface area contributed by atoms with Gasteiger partial charge in [0.15, 0.2) is 0 Å². The second-order valence-electron chi connectivity index (χ2n) is 9.04. The quantitative estimate of drug-likeness (QED) is 0.381. The lowest BCUT2D eigenvalue weighted by atomic mass is 9.85. The van der Waals surface area contributed by atoms with Crippen LogP contribution in [-0.2, 0) is 15.1 Å². The number of amides is 5. The first kappa shape index (κ1) is 25.6. The van der Waals surface area contributed by atoms with E-state index in [1.54, 1.807) is 36.4 Å². The molecular formula is C29H30N4O4. The second-order valence-corrected chi connectivity index (χ2v) is 9.04. The molecule has 0 aromatic heterocycles. The average molecular weight is 499 g/mol. The lowest BCUT2D eigenvalue weighted by Crippen LogP contribution is -2.44. The van der Waals surface area contributed by atoms with Crippen molar-refractivity contribution in [2.75, 3.05) is 11.9 Å². The van der Waals surface area contributed by atoms with Gasteiger partial charge in [-0.05, 0) is 36.6 Å². The molecule has 2 atom stereocenters. The van der Waals surface area contributed by atoms with Gasteiger partial charge < -0.3 is 16.0 Å². The normalized spacial score (nSPS) is 17.7. The summed E-state index contributed by atoms with van der Waals surface area (Å²) >= 11 is 0. The van der Waals surface area contributed by atoms with Crippen LogP contribution in [0.2, 0.25) is 0 Å². The van der Waals surface area contributed by atoms with Crippen molar-refractivity contribution in [2.45, 2.75) is 38.3 Å². The summed E-state index contributed by atoms with van der Waals surface area (Å²) in [7, 11) is 0. The minimum absolute atomic E-state index is 0.243. The van der Waals surface area contributed by atoms with Gasteiger partial charge in [-0.15, -0.1) is 0 Å². The van der Waals surface area contributed by atoms with Crippen LogP contribution in [0.5, 0.6) is 0 Å². The number of rotatable bonds is 9. The molecule has 1 fully saturated rings. The van der Waals surface area contributed by atoms with Crippen LogP contribution in [0.15, 0.2) is 84.9 Å². The highest BCUT2D eigenvalue weighted by Crippen LogP contribution is 2.33. The van der Waals surface area contributed by atoms with Gasteiger partial charge in [-0.2, -0.15) is 0 Å². The van der Waals surface area contributed by atoms with Crippen molar-refractivity contribution in [3.63, 3.8) is 0 Å². The Kier molecular flexibility index (Phi) is 7.67. The zero-order valence-corrected chi connectivity index (χ0v) is 20.9. The Morgan fingerprint density at radius 1 is 0.919 bits per heavy atom. The molecule has 1 heterocycles. The molecule has 4 rings (SSSR count). The van der Waals surface area contributed by atoms with Crippen molar-refractivity contribution in [1.82, 2.24) is 15.5 Å². The molecule has 8 heteroatoms. The van der Waals surface area contributed by atoms with E-state index in [0.717, 1.165) is 10.5 Å². The minimum atomic E-state index is -1.21. The summed E-state index contributed by atoms with van der Waals surface area (Å²) in [6.45, 7) is 3.33. The Labute approximate surface area is 216 Å². The van der Waals surface area contributed by atoms with Crippen LogP contribution in [0.1, 0.15) is 54.2 Å². The minimum Gasteiger partial charge on any atom is -0.345 e. The average Bonchev–Trinajstić information content (AvgIpc) is 3.15. The lowest BCUT2D eigenvalue weighted by Gasteiger charge is -2.26. The molecule has 3 aromatic rings. The van der Waals surface area contributed by atoms with E-state index in [2.05, 4.69) is 16.0 Å². The number of urea groups is 1. The molecule has 0 spiro atoms.